The van der Waals surface area contributed by atoms with Crippen LogP contribution in [0.15, 0.2) is 30.3 Å². The molecule has 1 amide bonds. The molecule has 0 unspecified atom stereocenters. The van der Waals surface area contributed by atoms with Gasteiger partial charge in [-0.25, -0.2) is 4.79 Å². The molecule has 4 heteroatoms. The van der Waals surface area contributed by atoms with Crippen molar-refractivity contribution in [3.05, 3.63) is 35.9 Å². The van der Waals surface area contributed by atoms with E-state index >= 15 is 0 Å². The zero-order chi connectivity index (χ0) is 17.3. The average molecular weight is 354 g/mol. The van der Waals surface area contributed by atoms with Crippen molar-refractivity contribution in [1.29, 1.82) is 0 Å². The molecule has 0 spiro atoms. The third kappa shape index (κ3) is 8.62. The van der Waals surface area contributed by atoms with E-state index in [1.165, 1.54) is 19.3 Å². The number of amides is 1. The largest absolute Gasteiger partial charge is 0.444 e. The number of hydrogen-bond donors (Lipinski definition) is 1. The summed E-state index contributed by atoms with van der Waals surface area (Å²) in [7, 11) is 0. The Morgan fingerprint density at radius 2 is 1.75 bits per heavy atom. The second-order valence-electron chi connectivity index (χ2n) is 7.20. The zero-order valence-corrected chi connectivity index (χ0v) is 16.9. The fraction of sp³-hybridized carbons (Fsp3) is 0.650. The van der Waals surface area contributed by atoms with Gasteiger partial charge in [-0.1, -0.05) is 69.9 Å². The molecule has 1 aromatic carbocycles. The number of carbonyl (C=O) groups excluding carboxylic acids is 1. The minimum atomic E-state index is -0.477. The minimum absolute atomic E-state index is 0. The van der Waals surface area contributed by atoms with Crippen molar-refractivity contribution in [2.45, 2.75) is 78.4 Å². The number of rotatable bonds is 8. The highest BCUT2D eigenvalue weighted by Crippen LogP contribution is 2.29. The number of nitrogens with one attached hydrogen (secondary N) is 1. The van der Waals surface area contributed by atoms with E-state index in [0.717, 1.165) is 18.4 Å². The van der Waals surface area contributed by atoms with Crippen LogP contribution in [0.4, 0.5) is 4.79 Å². The molecule has 0 saturated heterocycles. The van der Waals surface area contributed by atoms with E-state index in [2.05, 4.69) is 31.3 Å². The molecule has 2 atom stereocenters. The molecule has 0 bridgehead atoms. The van der Waals surface area contributed by atoms with Gasteiger partial charge >= 0.3 is 6.09 Å². The number of carbonyl (C=O) groups is 1. The highest BCUT2D eigenvalue weighted by Gasteiger charge is 2.25. The topological polar surface area (TPSA) is 38.3 Å². The van der Waals surface area contributed by atoms with Gasteiger partial charge < -0.3 is 10.1 Å². The van der Waals surface area contributed by atoms with Crippen molar-refractivity contribution in [3.63, 3.8) is 0 Å². The van der Waals surface area contributed by atoms with Crippen LogP contribution in [-0.2, 0) is 4.74 Å². The third-order valence-corrected chi connectivity index (χ3v) is 4.01. The smallest absolute Gasteiger partial charge is 0.408 e. The lowest BCUT2D eigenvalue weighted by molar-refractivity contribution is 0.0481. The molecule has 3 nitrogen and oxygen atoms in total. The summed E-state index contributed by atoms with van der Waals surface area (Å²) >= 11 is 0. The lowest BCUT2D eigenvalue weighted by Crippen LogP contribution is -2.37. The van der Waals surface area contributed by atoms with E-state index in [1.54, 1.807) is 0 Å². The maximum Gasteiger partial charge on any atom is 0.408 e. The Bertz CT molecular complexity index is 456. The van der Waals surface area contributed by atoms with Crippen LogP contribution in [0.2, 0.25) is 0 Å². The van der Waals surface area contributed by atoms with E-state index in [0.29, 0.717) is 5.92 Å². The van der Waals surface area contributed by atoms with E-state index in [-0.39, 0.29) is 25.6 Å². The molecular weight excluding hydrogens is 318 g/mol. The molecule has 1 aromatic rings. The van der Waals surface area contributed by atoms with Gasteiger partial charge in [0.05, 0.1) is 6.04 Å². The molecule has 0 saturated carbocycles. The maximum absolute atomic E-state index is 12.3. The van der Waals surface area contributed by atoms with Gasteiger partial charge in [-0.3, -0.25) is 0 Å². The first-order chi connectivity index (χ1) is 10.9. The van der Waals surface area contributed by atoms with Crippen molar-refractivity contribution < 1.29 is 9.53 Å². The zero-order valence-electron chi connectivity index (χ0n) is 15.9. The summed E-state index contributed by atoms with van der Waals surface area (Å²) in [4.78, 5) is 12.3. The Kier molecular flexibility index (Phi) is 10.9. The van der Waals surface area contributed by atoms with Crippen LogP contribution in [0.1, 0.15) is 78.3 Å². The van der Waals surface area contributed by atoms with Crippen LogP contribution in [-0.4, -0.2) is 11.7 Å². The highest BCUT2D eigenvalue weighted by atomic mass is 32.1. The summed E-state index contributed by atoms with van der Waals surface area (Å²) in [6.07, 6.45) is 5.49. The number of benzene rings is 1. The molecule has 0 fully saturated rings. The van der Waals surface area contributed by atoms with Crippen LogP contribution in [0.3, 0.4) is 0 Å². The van der Waals surface area contributed by atoms with Crippen molar-refractivity contribution in [3.8, 4) is 0 Å². The number of hydrogen-bond acceptors (Lipinski definition) is 2. The van der Waals surface area contributed by atoms with Gasteiger partial charge in [0.15, 0.2) is 0 Å². The molecule has 0 aliphatic carbocycles. The van der Waals surface area contributed by atoms with Crippen molar-refractivity contribution in [1.82, 2.24) is 5.32 Å². The lowest BCUT2D eigenvalue weighted by atomic mass is 9.86. The van der Waals surface area contributed by atoms with Gasteiger partial charge in [0, 0.05) is 0 Å². The predicted octanol–water partition coefficient (Wildman–Crippen LogP) is 5.97. The Morgan fingerprint density at radius 1 is 1.12 bits per heavy atom. The summed E-state index contributed by atoms with van der Waals surface area (Å²) in [5, 5.41) is 3.11. The molecule has 1 N–H and O–H groups in total. The molecule has 0 heterocycles. The molecule has 0 radical (unpaired) electrons. The van der Waals surface area contributed by atoms with E-state index in [1.807, 2.05) is 39.0 Å². The highest BCUT2D eigenvalue weighted by molar-refractivity contribution is 7.59. The summed E-state index contributed by atoms with van der Waals surface area (Å²) in [6.45, 7) is 10.1. The Morgan fingerprint density at radius 3 is 2.25 bits per heavy atom. The van der Waals surface area contributed by atoms with Crippen LogP contribution < -0.4 is 5.32 Å². The Hall–Kier alpha value is -1.16. The van der Waals surface area contributed by atoms with Gasteiger partial charge in [-0.05, 0) is 38.7 Å². The summed E-state index contributed by atoms with van der Waals surface area (Å²) in [5.74, 6) is 0.427. The first-order valence-corrected chi connectivity index (χ1v) is 8.91. The molecule has 138 valence electrons. The van der Waals surface area contributed by atoms with Gasteiger partial charge in [-0.2, -0.15) is 13.5 Å². The molecule has 0 aromatic heterocycles. The van der Waals surface area contributed by atoms with Gasteiger partial charge in [-0.15, -0.1) is 0 Å². The summed E-state index contributed by atoms with van der Waals surface area (Å²) in [6, 6.07) is 10.2. The van der Waals surface area contributed by atoms with E-state index in [9.17, 15) is 4.79 Å². The fourth-order valence-electron chi connectivity index (χ4n) is 2.83. The summed E-state index contributed by atoms with van der Waals surface area (Å²) in [5.41, 5.74) is 0.677. The van der Waals surface area contributed by atoms with Gasteiger partial charge in [0.2, 0.25) is 0 Å². The molecule has 1 rings (SSSR count). The Labute approximate surface area is 155 Å². The monoisotopic (exact) mass is 353 g/mol. The van der Waals surface area contributed by atoms with Gasteiger partial charge in [0.1, 0.15) is 5.60 Å². The molecule has 0 aliphatic heterocycles. The predicted molar refractivity (Wildman–Crippen MR) is 107 cm³/mol. The fourth-order valence-corrected chi connectivity index (χ4v) is 2.83. The number of alkyl carbamates (subject to hydrolysis) is 1. The number of unbranched alkanes of at least 4 members (excludes halogenated alkanes) is 2. The van der Waals surface area contributed by atoms with Crippen LogP contribution >= 0.6 is 13.5 Å². The van der Waals surface area contributed by atoms with Gasteiger partial charge in [0.25, 0.3) is 0 Å². The van der Waals surface area contributed by atoms with Crippen LogP contribution in [0.5, 0.6) is 0 Å². The first-order valence-electron chi connectivity index (χ1n) is 8.91. The average Bonchev–Trinajstić information content (AvgIpc) is 2.49. The minimum Gasteiger partial charge on any atom is -0.444 e. The van der Waals surface area contributed by atoms with Crippen molar-refractivity contribution >= 4 is 19.6 Å². The molecule has 24 heavy (non-hydrogen) atoms. The van der Waals surface area contributed by atoms with Crippen LogP contribution in [0, 0.1) is 5.92 Å². The SMILES string of the molecule is CCCCC[C@@H](CC)[C@H](NC(=O)OC(C)(C)C)c1ccccc1.S. The third-order valence-electron chi connectivity index (χ3n) is 4.01. The number of ether oxygens (including phenoxy) is 1. The van der Waals surface area contributed by atoms with Crippen LogP contribution in [0.25, 0.3) is 0 Å². The van der Waals surface area contributed by atoms with Crippen molar-refractivity contribution in [2.75, 3.05) is 0 Å². The van der Waals surface area contributed by atoms with E-state index in [4.69, 9.17) is 4.74 Å². The quantitative estimate of drug-likeness (QED) is 0.584. The second kappa shape index (κ2) is 11.4. The molecule has 0 aliphatic rings. The Balaban J connectivity index is 0.00000529. The second-order valence-corrected chi connectivity index (χ2v) is 7.20. The van der Waals surface area contributed by atoms with Crippen molar-refractivity contribution in [2.24, 2.45) is 5.92 Å². The van der Waals surface area contributed by atoms with E-state index < -0.39 is 5.60 Å². The first kappa shape index (κ1) is 22.8. The normalized spacial score (nSPS) is 13.5. The lowest BCUT2D eigenvalue weighted by Gasteiger charge is -2.29. The maximum atomic E-state index is 12.3. The standard InChI is InChI=1S/C20H33NO2.H2S/c1-6-8-10-13-16(7-2)18(17-14-11-9-12-15-17)21-19(22)23-20(3,4)5;/h9,11-12,14-16,18H,6-8,10,13H2,1-5H3,(H,21,22);1H2/t16-,18+;/m1./s1. The summed E-state index contributed by atoms with van der Waals surface area (Å²) < 4.78 is 5.46. The molecular formula is C20H35NO2S.